The van der Waals surface area contributed by atoms with Gasteiger partial charge in [0.05, 0.1) is 42.8 Å². The maximum atomic E-state index is 15.8. The summed E-state index contributed by atoms with van der Waals surface area (Å²) in [4.78, 5) is 18.1. The van der Waals surface area contributed by atoms with Crippen molar-refractivity contribution in [1.82, 2.24) is 19.3 Å². The summed E-state index contributed by atoms with van der Waals surface area (Å²) < 4.78 is 42.4. The van der Waals surface area contributed by atoms with Gasteiger partial charge in [-0.2, -0.15) is 10.4 Å². The summed E-state index contributed by atoms with van der Waals surface area (Å²) in [5.74, 6) is -0.352. The maximum Gasteiger partial charge on any atom is 0.413 e. The average Bonchev–Trinajstić information content (AvgIpc) is 3.50. The molecule has 4 heterocycles. The van der Waals surface area contributed by atoms with Crippen molar-refractivity contribution in [2.24, 2.45) is 0 Å². The minimum Gasteiger partial charge on any atom is -0.444 e. The van der Waals surface area contributed by atoms with Crippen LogP contribution in [0.5, 0.6) is 0 Å². The molecule has 1 unspecified atom stereocenters. The summed E-state index contributed by atoms with van der Waals surface area (Å²) in [6.45, 7) is 16.3. The van der Waals surface area contributed by atoms with Gasteiger partial charge in [0.15, 0.2) is 6.23 Å². The number of rotatable bonds is 8. The monoisotopic (exact) mass is 634 g/mol. The van der Waals surface area contributed by atoms with Gasteiger partial charge in [0.2, 0.25) is 0 Å². The van der Waals surface area contributed by atoms with E-state index in [1.807, 2.05) is 33.8 Å². The molecule has 1 aromatic carbocycles. The van der Waals surface area contributed by atoms with Gasteiger partial charge in [-0.1, -0.05) is 0 Å². The van der Waals surface area contributed by atoms with Crippen LogP contribution in [0, 0.1) is 31.0 Å². The number of pyridine rings is 1. The Labute approximate surface area is 268 Å². The number of carbonyl (C=O) groups is 1. The Morgan fingerprint density at radius 1 is 1.13 bits per heavy atom. The number of ether oxygens (including phenoxy) is 4. The Hall–Kier alpha value is -4.05. The molecule has 11 nitrogen and oxygen atoms in total. The van der Waals surface area contributed by atoms with Crippen molar-refractivity contribution in [3.8, 4) is 11.8 Å². The van der Waals surface area contributed by atoms with Crippen LogP contribution in [-0.4, -0.2) is 56.4 Å². The Balaban J connectivity index is 1.68. The average molecular weight is 635 g/mol. The highest BCUT2D eigenvalue weighted by atomic mass is 19.1. The number of nitrogens with one attached hydrogen (secondary N) is 1. The first-order chi connectivity index (χ1) is 21.7. The van der Waals surface area contributed by atoms with Crippen molar-refractivity contribution in [3.05, 3.63) is 46.5 Å². The van der Waals surface area contributed by atoms with E-state index in [1.54, 1.807) is 43.1 Å². The quantitative estimate of drug-likeness (QED) is 0.199. The predicted molar refractivity (Wildman–Crippen MR) is 173 cm³/mol. The van der Waals surface area contributed by atoms with Gasteiger partial charge in [-0.3, -0.25) is 9.88 Å². The molecule has 0 bridgehead atoms. The van der Waals surface area contributed by atoms with E-state index in [1.165, 1.54) is 6.07 Å². The second-order valence-corrected chi connectivity index (χ2v) is 13.6. The molecule has 4 aromatic rings. The third-order valence-corrected chi connectivity index (χ3v) is 7.71. The summed E-state index contributed by atoms with van der Waals surface area (Å²) in [5, 5.41) is 19.0. The Morgan fingerprint density at radius 2 is 1.89 bits per heavy atom. The Bertz CT molecular complexity index is 1800. The Kier molecular flexibility index (Phi) is 9.40. The Morgan fingerprint density at radius 3 is 2.54 bits per heavy atom. The van der Waals surface area contributed by atoms with Gasteiger partial charge in [0.25, 0.3) is 0 Å². The number of amides is 1. The fraction of sp³-hybridized carbons (Fsp3) is 0.529. The van der Waals surface area contributed by atoms with Gasteiger partial charge in [-0.15, -0.1) is 0 Å². The number of carbonyl (C=O) groups excluding carboxylic acids is 1. The topological polar surface area (TPSA) is 125 Å². The van der Waals surface area contributed by atoms with Crippen molar-refractivity contribution < 1.29 is 28.1 Å². The molecule has 1 fully saturated rings. The van der Waals surface area contributed by atoms with Gasteiger partial charge in [0.1, 0.15) is 34.5 Å². The van der Waals surface area contributed by atoms with Crippen LogP contribution < -0.4 is 5.32 Å². The molecule has 1 aliphatic rings. The van der Waals surface area contributed by atoms with Gasteiger partial charge in [0, 0.05) is 34.7 Å². The van der Waals surface area contributed by atoms with E-state index < -0.39 is 17.5 Å². The number of fused-ring (bicyclic) bond motifs is 2. The largest absolute Gasteiger partial charge is 0.444 e. The molecule has 0 radical (unpaired) electrons. The van der Waals surface area contributed by atoms with Crippen LogP contribution in [-0.2, 0) is 25.6 Å². The number of halogens is 1. The number of anilines is 1. The number of nitriles is 1. The first-order valence-corrected chi connectivity index (χ1v) is 15.6. The molecule has 246 valence electrons. The van der Waals surface area contributed by atoms with E-state index in [-0.39, 0.29) is 29.8 Å². The minimum absolute atomic E-state index is 0.118. The molecule has 0 spiro atoms. The van der Waals surface area contributed by atoms with E-state index in [0.29, 0.717) is 58.7 Å². The van der Waals surface area contributed by atoms with Crippen LogP contribution in [0.15, 0.2) is 18.3 Å². The molecule has 1 aliphatic heterocycles. The molecule has 0 aliphatic carbocycles. The summed E-state index contributed by atoms with van der Waals surface area (Å²) in [5.41, 5.74) is 2.13. The molecular formula is C34H43FN6O5. The summed E-state index contributed by atoms with van der Waals surface area (Å²) in [7, 11) is 0. The summed E-state index contributed by atoms with van der Waals surface area (Å²) in [6, 6.07) is 5.54. The zero-order valence-corrected chi connectivity index (χ0v) is 27.9. The molecule has 1 amide bonds. The van der Waals surface area contributed by atoms with Crippen molar-refractivity contribution in [1.29, 1.82) is 5.26 Å². The van der Waals surface area contributed by atoms with Crippen molar-refractivity contribution in [2.45, 2.75) is 98.7 Å². The lowest BCUT2D eigenvalue weighted by atomic mass is 10.1. The number of hydrogen-bond donors (Lipinski definition) is 1. The SMILES string of the molecule is Cc1nc2c(cc1COCCOC(C)(C)C)c(C#N)c(NC(=O)OC(C)(C)C)n2-c1c(C)c(F)cc2c1cnn2C1CCCCO1. The van der Waals surface area contributed by atoms with Crippen LogP contribution in [0.1, 0.15) is 89.4 Å². The maximum absolute atomic E-state index is 15.8. The third-order valence-electron chi connectivity index (χ3n) is 7.71. The standard InChI is InChI=1S/C34H43FN6O5/c1-20-26(35)16-27-25(18-37-41(27)28-11-9-10-12-44-28)29(20)40-30-23(24(17-36)31(40)39-32(42)46-34(6,7)8)15-22(21(2)38-30)19-43-13-14-45-33(3,4)5/h15-16,18,28H,9-14,19H2,1-8H3,(H,39,42). The van der Waals surface area contributed by atoms with Crippen LogP contribution in [0.3, 0.4) is 0 Å². The molecule has 1 saturated heterocycles. The second-order valence-electron chi connectivity index (χ2n) is 13.6. The second kappa shape index (κ2) is 13.0. The highest BCUT2D eigenvalue weighted by Gasteiger charge is 2.29. The zero-order chi connectivity index (χ0) is 33.4. The highest BCUT2D eigenvalue weighted by Crippen LogP contribution is 2.39. The number of hydrogen-bond acceptors (Lipinski definition) is 8. The predicted octanol–water partition coefficient (Wildman–Crippen LogP) is 7.38. The van der Waals surface area contributed by atoms with Crippen LogP contribution >= 0.6 is 0 Å². The van der Waals surface area contributed by atoms with Crippen LogP contribution in [0.2, 0.25) is 0 Å². The molecule has 1 N–H and O–H groups in total. The van der Waals surface area contributed by atoms with Crippen molar-refractivity contribution in [3.63, 3.8) is 0 Å². The molecule has 0 saturated carbocycles. The van der Waals surface area contributed by atoms with E-state index in [9.17, 15) is 10.1 Å². The lowest BCUT2D eigenvalue weighted by Crippen LogP contribution is -2.28. The molecule has 1 atom stereocenters. The number of benzene rings is 1. The lowest BCUT2D eigenvalue weighted by Gasteiger charge is -2.24. The van der Waals surface area contributed by atoms with E-state index >= 15 is 4.39 Å². The molecule has 12 heteroatoms. The first kappa shape index (κ1) is 33.3. The molecular weight excluding hydrogens is 591 g/mol. The van der Waals surface area contributed by atoms with E-state index in [0.717, 1.165) is 24.8 Å². The normalized spacial score (nSPS) is 15.8. The third kappa shape index (κ3) is 7.02. The molecule has 5 rings (SSSR count). The smallest absolute Gasteiger partial charge is 0.413 e. The molecule has 3 aromatic heterocycles. The highest BCUT2D eigenvalue weighted by molar-refractivity contribution is 6.01. The first-order valence-electron chi connectivity index (χ1n) is 15.6. The minimum atomic E-state index is -0.799. The molecule has 46 heavy (non-hydrogen) atoms. The number of aryl methyl sites for hydroxylation is 1. The van der Waals surface area contributed by atoms with Gasteiger partial charge < -0.3 is 18.9 Å². The number of nitrogens with zero attached hydrogens (tertiary/aromatic N) is 5. The van der Waals surface area contributed by atoms with Crippen molar-refractivity contribution >= 4 is 33.8 Å². The lowest BCUT2D eigenvalue weighted by molar-refractivity contribution is -0.0377. The zero-order valence-electron chi connectivity index (χ0n) is 27.9. The van der Waals surface area contributed by atoms with Crippen LogP contribution in [0.25, 0.3) is 27.6 Å². The van der Waals surface area contributed by atoms with E-state index in [2.05, 4.69) is 16.5 Å². The van der Waals surface area contributed by atoms with E-state index in [4.69, 9.17) is 23.9 Å². The van der Waals surface area contributed by atoms with Gasteiger partial charge in [-0.05, 0) is 86.3 Å². The summed E-state index contributed by atoms with van der Waals surface area (Å²) >= 11 is 0. The van der Waals surface area contributed by atoms with Gasteiger partial charge >= 0.3 is 6.09 Å². The fourth-order valence-electron chi connectivity index (χ4n) is 5.59. The van der Waals surface area contributed by atoms with Crippen molar-refractivity contribution in [2.75, 3.05) is 25.1 Å². The number of aromatic nitrogens is 4. The van der Waals surface area contributed by atoms with Crippen LogP contribution in [0.4, 0.5) is 15.0 Å². The van der Waals surface area contributed by atoms with Gasteiger partial charge in [-0.25, -0.2) is 18.9 Å². The fourth-order valence-corrected chi connectivity index (χ4v) is 5.59. The summed E-state index contributed by atoms with van der Waals surface area (Å²) in [6.07, 6.45) is 3.27.